The molecule has 0 saturated carbocycles. The summed E-state index contributed by atoms with van der Waals surface area (Å²) in [6, 6.07) is 18.3. The Labute approximate surface area is 189 Å². The van der Waals surface area contributed by atoms with E-state index in [2.05, 4.69) is 5.32 Å². The van der Waals surface area contributed by atoms with Crippen LogP contribution in [0, 0.1) is 17.1 Å². The minimum atomic E-state index is -0.782. The second-order valence-corrected chi connectivity index (χ2v) is 6.63. The van der Waals surface area contributed by atoms with Gasteiger partial charge in [-0.2, -0.15) is 5.26 Å². The van der Waals surface area contributed by atoms with E-state index in [9.17, 15) is 19.2 Å². The number of nitrogens with one attached hydrogen (secondary N) is 1. The molecule has 1 N–H and O–H groups in total. The van der Waals surface area contributed by atoms with E-state index in [1.54, 1.807) is 42.5 Å². The Balaban J connectivity index is 1.84. The van der Waals surface area contributed by atoms with Gasteiger partial charge in [0.1, 0.15) is 23.2 Å². The zero-order chi connectivity index (χ0) is 23.8. The lowest BCUT2D eigenvalue weighted by Crippen LogP contribution is -2.14. The summed E-state index contributed by atoms with van der Waals surface area (Å²) in [5.41, 5.74) is 0.373. The molecule has 0 fully saturated rings. The molecule has 0 heterocycles. The molecule has 0 aliphatic carbocycles. The first-order chi connectivity index (χ1) is 15.9. The number of carbonyl (C=O) groups excluding carboxylic acids is 2. The van der Waals surface area contributed by atoms with Crippen LogP contribution in [0.3, 0.4) is 0 Å². The van der Waals surface area contributed by atoms with Crippen molar-refractivity contribution in [2.24, 2.45) is 0 Å². The minimum Gasteiger partial charge on any atom is -0.497 e. The molecule has 0 radical (unpaired) electrons. The first-order valence-corrected chi connectivity index (χ1v) is 9.67. The molecule has 0 spiro atoms. The fourth-order valence-electron chi connectivity index (χ4n) is 2.82. The standard InChI is InChI=1S/C25H19FN2O5/c1-31-19-10-8-17(9-11-19)25(30)33-23-14-16(7-12-22(23)32-2)13-18(15-27)24(29)28-21-6-4-3-5-20(21)26/h3-14H,1-2H3,(H,28,29). The molecule has 0 unspecified atom stereocenters. The topological polar surface area (TPSA) is 97.7 Å². The van der Waals surface area contributed by atoms with Gasteiger partial charge in [0, 0.05) is 0 Å². The highest BCUT2D eigenvalue weighted by atomic mass is 19.1. The Morgan fingerprint density at radius 1 is 0.970 bits per heavy atom. The molecule has 0 aliphatic heterocycles. The molecule has 7 nitrogen and oxygen atoms in total. The zero-order valence-corrected chi connectivity index (χ0v) is 17.8. The van der Waals surface area contributed by atoms with E-state index in [4.69, 9.17) is 14.2 Å². The highest BCUT2D eigenvalue weighted by Gasteiger charge is 2.15. The predicted molar refractivity (Wildman–Crippen MR) is 120 cm³/mol. The highest BCUT2D eigenvalue weighted by Crippen LogP contribution is 2.30. The number of rotatable bonds is 7. The van der Waals surface area contributed by atoms with Crippen LogP contribution in [0.5, 0.6) is 17.2 Å². The van der Waals surface area contributed by atoms with E-state index in [-0.39, 0.29) is 22.8 Å². The molecule has 33 heavy (non-hydrogen) atoms. The number of nitrogens with zero attached hydrogens (tertiary/aromatic N) is 1. The van der Waals surface area contributed by atoms with E-state index < -0.39 is 17.7 Å². The Kier molecular flexibility index (Phi) is 7.39. The van der Waals surface area contributed by atoms with Crippen LogP contribution in [0.2, 0.25) is 0 Å². The Bertz CT molecular complexity index is 1250. The zero-order valence-electron chi connectivity index (χ0n) is 17.8. The number of hydrogen-bond donors (Lipinski definition) is 1. The smallest absolute Gasteiger partial charge is 0.343 e. The molecular formula is C25H19FN2O5. The summed E-state index contributed by atoms with van der Waals surface area (Å²) in [6.07, 6.45) is 1.29. The van der Waals surface area contributed by atoms with E-state index in [0.717, 1.165) is 0 Å². The lowest BCUT2D eigenvalue weighted by Gasteiger charge is -2.11. The van der Waals surface area contributed by atoms with Crippen LogP contribution in [-0.4, -0.2) is 26.1 Å². The SMILES string of the molecule is COc1ccc(C(=O)Oc2cc(C=C(C#N)C(=O)Nc3ccccc3F)ccc2OC)cc1. The molecule has 8 heteroatoms. The number of hydrogen-bond acceptors (Lipinski definition) is 6. The normalized spacial score (nSPS) is 10.7. The lowest BCUT2D eigenvalue weighted by molar-refractivity contribution is -0.112. The van der Waals surface area contributed by atoms with Crippen molar-refractivity contribution in [1.82, 2.24) is 0 Å². The largest absolute Gasteiger partial charge is 0.497 e. The number of nitriles is 1. The number of benzene rings is 3. The highest BCUT2D eigenvalue weighted by molar-refractivity contribution is 6.09. The van der Waals surface area contributed by atoms with Crippen LogP contribution >= 0.6 is 0 Å². The van der Waals surface area contributed by atoms with E-state index in [1.807, 2.05) is 0 Å². The summed E-state index contributed by atoms with van der Waals surface area (Å²) in [5, 5.41) is 11.8. The number of anilines is 1. The molecule has 1 amide bonds. The van der Waals surface area contributed by atoms with Gasteiger partial charge in [-0.3, -0.25) is 4.79 Å². The second kappa shape index (κ2) is 10.6. The number of methoxy groups -OCH3 is 2. The monoisotopic (exact) mass is 446 g/mol. The maximum absolute atomic E-state index is 13.8. The molecule has 0 saturated heterocycles. The van der Waals surface area contributed by atoms with Crippen LogP contribution in [0.4, 0.5) is 10.1 Å². The van der Waals surface area contributed by atoms with Gasteiger partial charge in [-0.1, -0.05) is 18.2 Å². The van der Waals surface area contributed by atoms with Crippen molar-refractivity contribution in [2.45, 2.75) is 0 Å². The van der Waals surface area contributed by atoms with Crippen LogP contribution in [-0.2, 0) is 4.79 Å². The maximum Gasteiger partial charge on any atom is 0.343 e. The van der Waals surface area contributed by atoms with Gasteiger partial charge in [0.25, 0.3) is 5.91 Å². The molecule has 166 valence electrons. The van der Waals surface area contributed by atoms with Crippen LogP contribution in [0.25, 0.3) is 6.08 Å². The summed E-state index contributed by atoms with van der Waals surface area (Å²) in [4.78, 5) is 25.0. The first kappa shape index (κ1) is 23.0. The summed E-state index contributed by atoms with van der Waals surface area (Å²) >= 11 is 0. The van der Waals surface area contributed by atoms with E-state index in [1.165, 1.54) is 50.6 Å². The fourth-order valence-corrected chi connectivity index (χ4v) is 2.82. The number of halogens is 1. The van der Waals surface area contributed by atoms with Crippen molar-refractivity contribution in [3.05, 3.63) is 89.2 Å². The number of carbonyl (C=O) groups is 2. The number of amides is 1. The molecule has 0 aliphatic rings. The van der Waals surface area contributed by atoms with Crippen molar-refractivity contribution < 1.29 is 28.2 Å². The predicted octanol–water partition coefficient (Wildman–Crippen LogP) is 4.61. The molecule has 3 aromatic carbocycles. The quantitative estimate of drug-likeness (QED) is 0.246. The van der Waals surface area contributed by atoms with Crippen LogP contribution in [0.15, 0.2) is 72.3 Å². The van der Waals surface area contributed by atoms with Gasteiger partial charge in [-0.25, -0.2) is 9.18 Å². The number of esters is 1. The van der Waals surface area contributed by atoms with E-state index in [0.29, 0.717) is 16.9 Å². The summed E-state index contributed by atoms with van der Waals surface area (Å²) in [7, 11) is 2.93. The van der Waals surface area contributed by atoms with Crippen molar-refractivity contribution >= 4 is 23.6 Å². The molecule has 3 aromatic rings. The third-order valence-corrected chi connectivity index (χ3v) is 4.51. The van der Waals surface area contributed by atoms with Gasteiger partial charge >= 0.3 is 5.97 Å². The van der Waals surface area contributed by atoms with Crippen LogP contribution < -0.4 is 19.5 Å². The number of ether oxygens (including phenoxy) is 3. The second-order valence-electron chi connectivity index (χ2n) is 6.63. The molecule has 0 aromatic heterocycles. The van der Waals surface area contributed by atoms with Gasteiger partial charge in [-0.15, -0.1) is 0 Å². The van der Waals surface area contributed by atoms with Gasteiger partial charge in [0.05, 0.1) is 25.5 Å². The minimum absolute atomic E-state index is 0.0486. The number of para-hydroxylation sites is 1. The summed E-state index contributed by atoms with van der Waals surface area (Å²) in [6.45, 7) is 0. The molecule has 0 atom stereocenters. The molecular weight excluding hydrogens is 427 g/mol. The Hall–Kier alpha value is -4.64. The van der Waals surface area contributed by atoms with Gasteiger partial charge in [0.2, 0.25) is 0 Å². The van der Waals surface area contributed by atoms with E-state index >= 15 is 0 Å². The average Bonchev–Trinajstić information content (AvgIpc) is 2.84. The first-order valence-electron chi connectivity index (χ1n) is 9.67. The van der Waals surface area contributed by atoms with Gasteiger partial charge in [-0.05, 0) is 60.2 Å². The van der Waals surface area contributed by atoms with Crippen LogP contribution in [0.1, 0.15) is 15.9 Å². The Morgan fingerprint density at radius 2 is 1.70 bits per heavy atom. The average molecular weight is 446 g/mol. The van der Waals surface area contributed by atoms with Crippen molar-refractivity contribution in [1.29, 1.82) is 5.26 Å². The van der Waals surface area contributed by atoms with Gasteiger partial charge in [0.15, 0.2) is 11.5 Å². The van der Waals surface area contributed by atoms with Gasteiger partial charge < -0.3 is 19.5 Å². The third-order valence-electron chi connectivity index (χ3n) is 4.51. The summed E-state index contributed by atoms with van der Waals surface area (Å²) in [5.74, 6) is -1.07. The Morgan fingerprint density at radius 3 is 2.33 bits per heavy atom. The molecule has 0 bridgehead atoms. The molecule has 3 rings (SSSR count). The fraction of sp³-hybridized carbons (Fsp3) is 0.0800. The van der Waals surface area contributed by atoms with Crippen molar-refractivity contribution in [2.75, 3.05) is 19.5 Å². The van der Waals surface area contributed by atoms with Crippen molar-refractivity contribution in [3.63, 3.8) is 0 Å². The summed E-state index contributed by atoms with van der Waals surface area (Å²) < 4.78 is 29.6. The van der Waals surface area contributed by atoms with Crippen molar-refractivity contribution in [3.8, 4) is 23.3 Å². The third kappa shape index (κ3) is 5.74. The lowest BCUT2D eigenvalue weighted by atomic mass is 10.1. The maximum atomic E-state index is 13.8.